The zero-order valence-corrected chi connectivity index (χ0v) is 9.88. The summed E-state index contributed by atoms with van der Waals surface area (Å²) >= 11 is 4.87. The summed E-state index contributed by atoms with van der Waals surface area (Å²) in [6.45, 7) is 14.1. The lowest BCUT2D eigenvalue weighted by atomic mass is 9.75. The van der Waals surface area contributed by atoms with Gasteiger partial charge in [0.2, 0.25) is 0 Å². The number of nitrogens with zero attached hydrogens (tertiary/aromatic N) is 1. The highest BCUT2D eigenvalue weighted by molar-refractivity contribution is 7.78. The third-order valence-electron chi connectivity index (χ3n) is 2.94. The van der Waals surface area contributed by atoms with Gasteiger partial charge in [0, 0.05) is 12.1 Å². The Labute approximate surface area is 82.1 Å². The number of hydrogen-bond acceptors (Lipinski definition) is 1. The van der Waals surface area contributed by atoms with Crippen molar-refractivity contribution in [2.75, 3.05) is 6.54 Å². The van der Waals surface area contributed by atoms with Crippen LogP contribution in [0.4, 0.5) is 0 Å². The van der Waals surface area contributed by atoms with Gasteiger partial charge in [-0.25, -0.2) is 0 Å². The monoisotopic (exact) mass is 186 g/mol. The van der Waals surface area contributed by atoms with Gasteiger partial charge < -0.3 is 4.90 Å². The molecule has 1 nitrogen and oxygen atoms in total. The van der Waals surface area contributed by atoms with E-state index in [1.165, 1.54) is 0 Å². The number of hydrogen-bond donors (Lipinski definition) is 0. The maximum atomic E-state index is 4.87. The molecule has 1 radical (unpaired) electrons. The van der Waals surface area contributed by atoms with E-state index >= 15 is 0 Å². The van der Waals surface area contributed by atoms with Crippen LogP contribution >= 0.6 is 12.2 Å². The highest BCUT2D eigenvalue weighted by atomic mass is 32.1. The van der Waals surface area contributed by atoms with E-state index in [2.05, 4.69) is 51.9 Å². The van der Waals surface area contributed by atoms with Crippen LogP contribution in [-0.2, 0) is 0 Å². The lowest BCUT2D eigenvalue weighted by molar-refractivity contribution is 0.0892. The maximum absolute atomic E-state index is 4.87. The van der Waals surface area contributed by atoms with Gasteiger partial charge in [0.25, 0.3) is 0 Å². The highest BCUT2D eigenvalue weighted by Gasteiger charge is 2.36. The molecule has 0 heterocycles. The minimum absolute atomic E-state index is 0.0729. The Kier molecular flexibility index (Phi) is 3.70. The molecule has 0 aromatic rings. The summed E-state index contributed by atoms with van der Waals surface area (Å²) in [5, 5.41) is 0. The molecule has 0 rings (SSSR count). The second-order valence-electron chi connectivity index (χ2n) is 4.64. The summed E-state index contributed by atoms with van der Waals surface area (Å²) < 4.78 is 0. The molecule has 0 aliphatic heterocycles. The van der Waals surface area contributed by atoms with Gasteiger partial charge in [0.15, 0.2) is 0 Å². The fraction of sp³-hybridized carbons (Fsp3) is 0.900. The molecule has 0 fully saturated rings. The van der Waals surface area contributed by atoms with Crippen molar-refractivity contribution in [2.24, 2.45) is 5.41 Å². The van der Waals surface area contributed by atoms with Crippen LogP contribution in [-0.4, -0.2) is 22.5 Å². The van der Waals surface area contributed by atoms with Crippen molar-refractivity contribution in [3.63, 3.8) is 0 Å². The first-order valence-corrected chi connectivity index (χ1v) is 4.83. The predicted octanol–water partition coefficient (Wildman–Crippen LogP) is 2.97. The first kappa shape index (κ1) is 11.9. The molecule has 0 aliphatic rings. The second-order valence-corrected chi connectivity index (χ2v) is 4.83. The summed E-state index contributed by atoms with van der Waals surface area (Å²) in [4.78, 5) is 2.09. The third-order valence-corrected chi connectivity index (χ3v) is 3.16. The van der Waals surface area contributed by atoms with Crippen molar-refractivity contribution in [1.82, 2.24) is 4.90 Å². The Balaban J connectivity index is 4.69. The molecular formula is C10H20NS. The summed E-state index contributed by atoms with van der Waals surface area (Å²) in [5.74, 6) is 0. The van der Waals surface area contributed by atoms with E-state index in [0.717, 1.165) is 6.54 Å². The van der Waals surface area contributed by atoms with Crippen LogP contribution in [0.3, 0.4) is 0 Å². The van der Waals surface area contributed by atoms with Gasteiger partial charge in [0.05, 0.1) is 0 Å². The van der Waals surface area contributed by atoms with E-state index in [9.17, 15) is 0 Å². The molecule has 0 spiro atoms. The maximum Gasteiger partial charge on any atom is 0.137 e. The van der Waals surface area contributed by atoms with Crippen LogP contribution < -0.4 is 0 Å². The highest BCUT2D eigenvalue weighted by Crippen LogP contribution is 2.34. The van der Waals surface area contributed by atoms with Crippen LogP contribution in [0.5, 0.6) is 0 Å². The van der Waals surface area contributed by atoms with E-state index in [1.807, 2.05) is 0 Å². The van der Waals surface area contributed by atoms with E-state index in [0.29, 0.717) is 0 Å². The lowest BCUT2D eigenvalue weighted by Gasteiger charge is -2.46. The zero-order valence-electron chi connectivity index (χ0n) is 9.06. The van der Waals surface area contributed by atoms with E-state index in [1.54, 1.807) is 0 Å². The minimum Gasteiger partial charge on any atom is -0.355 e. The van der Waals surface area contributed by atoms with Gasteiger partial charge in [-0.05, 0) is 26.2 Å². The SMILES string of the molecule is CCN([C]=S)C(C)(C)C(C)(C)C. The van der Waals surface area contributed by atoms with Crippen LogP contribution in [0.1, 0.15) is 41.5 Å². The first-order chi connectivity index (χ1) is 5.27. The molecule has 0 aliphatic carbocycles. The summed E-state index contributed by atoms with van der Waals surface area (Å²) in [5.41, 5.74) is 3.11. The van der Waals surface area contributed by atoms with Gasteiger partial charge in [-0.1, -0.05) is 33.0 Å². The van der Waals surface area contributed by atoms with Crippen LogP contribution in [0, 0.1) is 5.41 Å². The van der Waals surface area contributed by atoms with Crippen LogP contribution in [0.15, 0.2) is 0 Å². The number of rotatable bonds is 3. The van der Waals surface area contributed by atoms with E-state index < -0.39 is 0 Å². The average Bonchev–Trinajstić information content (AvgIpc) is 1.87. The Morgan fingerprint density at radius 1 is 1.17 bits per heavy atom. The molecule has 0 unspecified atom stereocenters. The molecule has 2 heteroatoms. The first-order valence-electron chi connectivity index (χ1n) is 4.42. The normalized spacial score (nSPS) is 12.8. The van der Waals surface area contributed by atoms with Crippen molar-refractivity contribution in [3.05, 3.63) is 0 Å². The molecule has 0 saturated carbocycles. The Morgan fingerprint density at radius 2 is 1.58 bits per heavy atom. The Morgan fingerprint density at radius 3 is 1.67 bits per heavy atom. The molecule has 0 aromatic carbocycles. The molecule has 0 bridgehead atoms. The van der Waals surface area contributed by atoms with Gasteiger partial charge >= 0.3 is 0 Å². The molecule has 12 heavy (non-hydrogen) atoms. The summed E-state index contributed by atoms with van der Waals surface area (Å²) in [6, 6.07) is 0. The molecule has 0 amide bonds. The molecule has 0 N–H and O–H groups in total. The molecular weight excluding hydrogens is 166 g/mol. The Hall–Kier alpha value is -0.110. The van der Waals surface area contributed by atoms with E-state index in [4.69, 9.17) is 12.2 Å². The van der Waals surface area contributed by atoms with Crippen molar-refractivity contribution < 1.29 is 0 Å². The summed E-state index contributed by atoms with van der Waals surface area (Å²) in [6.07, 6.45) is 0. The third kappa shape index (κ3) is 2.19. The smallest absolute Gasteiger partial charge is 0.137 e. The number of thiocarbonyl (C=S) groups is 1. The van der Waals surface area contributed by atoms with Gasteiger partial charge in [-0.15, -0.1) is 0 Å². The molecule has 71 valence electrons. The minimum atomic E-state index is 0.0729. The fourth-order valence-corrected chi connectivity index (χ4v) is 1.34. The standard InChI is InChI=1S/C10H20NS/c1-7-11(8-12)10(5,6)9(2,3)4/h7H2,1-6H3. The van der Waals surface area contributed by atoms with Crippen molar-refractivity contribution in [2.45, 2.75) is 47.1 Å². The van der Waals surface area contributed by atoms with Crippen LogP contribution in [0.2, 0.25) is 0 Å². The van der Waals surface area contributed by atoms with Crippen molar-refractivity contribution >= 4 is 17.7 Å². The largest absolute Gasteiger partial charge is 0.355 e. The van der Waals surface area contributed by atoms with Gasteiger partial charge in [-0.2, -0.15) is 0 Å². The van der Waals surface area contributed by atoms with Crippen molar-refractivity contribution in [1.29, 1.82) is 0 Å². The van der Waals surface area contributed by atoms with Crippen LogP contribution in [0.25, 0.3) is 0 Å². The molecule has 0 saturated heterocycles. The predicted molar refractivity (Wildman–Crippen MR) is 58.5 cm³/mol. The Bertz CT molecular complexity index is 156. The van der Waals surface area contributed by atoms with Gasteiger partial charge in [-0.3, -0.25) is 0 Å². The quantitative estimate of drug-likeness (QED) is 0.492. The zero-order chi connectivity index (χ0) is 9.99. The molecule has 0 aromatic heterocycles. The lowest BCUT2D eigenvalue weighted by Crippen LogP contribution is -2.51. The van der Waals surface area contributed by atoms with Gasteiger partial charge in [0.1, 0.15) is 5.49 Å². The summed E-state index contributed by atoms with van der Waals surface area (Å²) in [7, 11) is 0. The topological polar surface area (TPSA) is 3.24 Å². The van der Waals surface area contributed by atoms with Crippen molar-refractivity contribution in [3.8, 4) is 0 Å². The fourth-order valence-electron chi connectivity index (χ4n) is 0.979. The molecule has 0 atom stereocenters. The van der Waals surface area contributed by atoms with E-state index in [-0.39, 0.29) is 11.0 Å². The second kappa shape index (κ2) is 3.73. The average molecular weight is 186 g/mol.